The van der Waals surface area contributed by atoms with Gasteiger partial charge < -0.3 is 18.9 Å². The van der Waals surface area contributed by atoms with Crippen LogP contribution in [0.5, 0.6) is 0 Å². The van der Waals surface area contributed by atoms with E-state index in [0.717, 1.165) is 0 Å². The smallest absolute Gasteiger partial charge is 0.410 e. The number of aromatic nitrogens is 2. The number of carbonyl (C=O) groups excluding carboxylic acids is 2. The Balaban J connectivity index is 2.32. The van der Waals surface area contributed by atoms with E-state index in [2.05, 4.69) is 20.9 Å². The molecule has 2 heterocycles. The average Bonchev–Trinajstić information content (AvgIpc) is 2.73. The van der Waals surface area contributed by atoms with Crippen molar-refractivity contribution < 1.29 is 19.1 Å². The predicted molar refractivity (Wildman–Crippen MR) is 82.6 cm³/mol. The summed E-state index contributed by atoms with van der Waals surface area (Å²) in [4.78, 5) is 29.9. The van der Waals surface area contributed by atoms with Crippen molar-refractivity contribution in [3.63, 3.8) is 0 Å². The summed E-state index contributed by atoms with van der Waals surface area (Å²) in [6.07, 6.45) is -0.404. The first-order valence-electron chi connectivity index (χ1n) is 6.97. The second-order valence-corrected chi connectivity index (χ2v) is 6.96. The largest absolute Gasteiger partial charge is 0.464 e. The molecule has 0 saturated carbocycles. The molecule has 0 bridgehead atoms. The van der Waals surface area contributed by atoms with Crippen molar-refractivity contribution in [1.82, 2.24) is 14.5 Å². The molecule has 1 aromatic heterocycles. The number of methoxy groups -OCH3 is 1. The molecule has 122 valence electrons. The van der Waals surface area contributed by atoms with Crippen LogP contribution in [0.25, 0.3) is 0 Å². The Morgan fingerprint density at radius 1 is 1.36 bits per heavy atom. The molecule has 0 radical (unpaired) electrons. The van der Waals surface area contributed by atoms with Crippen molar-refractivity contribution in [2.24, 2.45) is 0 Å². The molecule has 7 nitrogen and oxygen atoms in total. The second kappa shape index (κ2) is 5.91. The SMILES string of the molecule is COC(=O)c1nc(Br)n2c1CN(C(=O)OC(C)(C)C)C[C@@H]2C. The Labute approximate surface area is 137 Å². The number of nitrogens with zero attached hydrogens (tertiary/aromatic N) is 3. The van der Waals surface area contributed by atoms with E-state index in [1.54, 1.807) is 4.90 Å². The van der Waals surface area contributed by atoms with E-state index >= 15 is 0 Å². The summed E-state index contributed by atoms with van der Waals surface area (Å²) in [7, 11) is 1.31. The van der Waals surface area contributed by atoms with Crippen LogP contribution in [0.4, 0.5) is 4.79 Å². The number of halogens is 1. The van der Waals surface area contributed by atoms with Crippen LogP contribution in [0, 0.1) is 0 Å². The van der Waals surface area contributed by atoms with E-state index < -0.39 is 17.7 Å². The van der Waals surface area contributed by atoms with Gasteiger partial charge in [-0.1, -0.05) is 0 Å². The van der Waals surface area contributed by atoms with Crippen LogP contribution in [0.3, 0.4) is 0 Å². The summed E-state index contributed by atoms with van der Waals surface area (Å²) in [5.74, 6) is -0.521. The van der Waals surface area contributed by atoms with Crippen molar-refractivity contribution in [3.05, 3.63) is 16.1 Å². The van der Waals surface area contributed by atoms with Crippen molar-refractivity contribution in [1.29, 1.82) is 0 Å². The maximum absolute atomic E-state index is 12.3. The van der Waals surface area contributed by atoms with E-state index in [9.17, 15) is 9.59 Å². The summed E-state index contributed by atoms with van der Waals surface area (Å²) >= 11 is 3.36. The maximum Gasteiger partial charge on any atom is 0.410 e. The van der Waals surface area contributed by atoms with Gasteiger partial charge in [-0.3, -0.25) is 0 Å². The molecule has 0 saturated heterocycles. The number of rotatable bonds is 1. The number of hydrogen-bond acceptors (Lipinski definition) is 5. The van der Waals surface area contributed by atoms with Gasteiger partial charge in [0.2, 0.25) is 0 Å². The maximum atomic E-state index is 12.3. The van der Waals surface area contributed by atoms with Gasteiger partial charge in [0.05, 0.1) is 25.4 Å². The van der Waals surface area contributed by atoms with Crippen LogP contribution in [0.2, 0.25) is 0 Å². The van der Waals surface area contributed by atoms with Crippen molar-refractivity contribution in [3.8, 4) is 0 Å². The molecular formula is C14H20BrN3O4. The van der Waals surface area contributed by atoms with E-state index in [1.807, 2.05) is 32.3 Å². The van der Waals surface area contributed by atoms with Crippen LogP contribution >= 0.6 is 15.9 Å². The van der Waals surface area contributed by atoms with Gasteiger partial charge >= 0.3 is 12.1 Å². The molecule has 1 amide bonds. The standard InChI is InChI=1S/C14H20BrN3O4/c1-8-6-17(13(20)22-14(2,3)4)7-9-10(11(19)21-5)16-12(15)18(8)9/h8H,6-7H2,1-5H3/t8-/m0/s1. The number of fused-ring (bicyclic) bond motifs is 1. The fourth-order valence-electron chi connectivity index (χ4n) is 2.41. The van der Waals surface area contributed by atoms with Crippen LogP contribution in [-0.4, -0.2) is 45.8 Å². The van der Waals surface area contributed by atoms with E-state index in [4.69, 9.17) is 9.47 Å². The molecule has 2 rings (SSSR count). The van der Waals surface area contributed by atoms with Gasteiger partial charge in [0, 0.05) is 6.54 Å². The molecule has 1 atom stereocenters. The lowest BCUT2D eigenvalue weighted by molar-refractivity contribution is 0.0169. The van der Waals surface area contributed by atoms with Gasteiger partial charge in [-0.2, -0.15) is 0 Å². The quantitative estimate of drug-likeness (QED) is 0.707. The Morgan fingerprint density at radius 3 is 2.55 bits per heavy atom. The summed E-state index contributed by atoms with van der Waals surface area (Å²) in [5, 5.41) is 0. The molecule has 0 fully saturated rings. The summed E-state index contributed by atoms with van der Waals surface area (Å²) in [6.45, 7) is 8.14. The molecule has 1 aliphatic rings. The van der Waals surface area contributed by atoms with Gasteiger partial charge in [-0.15, -0.1) is 0 Å². The van der Waals surface area contributed by atoms with E-state index in [-0.39, 0.29) is 18.3 Å². The fourth-order valence-corrected chi connectivity index (χ4v) is 3.15. The van der Waals surface area contributed by atoms with Crippen molar-refractivity contribution >= 4 is 28.0 Å². The molecule has 0 N–H and O–H groups in total. The Bertz CT molecular complexity index is 606. The van der Waals surface area contributed by atoms with E-state index in [0.29, 0.717) is 17.0 Å². The van der Waals surface area contributed by atoms with Gasteiger partial charge in [-0.05, 0) is 43.6 Å². The summed E-state index contributed by atoms with van der Waals surface area (Å²) < 4.78 is 12.6. The van der Waals surface area contributed by atoms with Crippen LogP contribution < -0.4 is 0 Å². The summed E-state index contributed by atoms with van der Waals surface area (Å²) in [5.41, 5.74) is 0.293. The third kappa shape index (κ3) is 3.26. The van der Waals surface area contributed by atoms with Crippen LogP contribution in [0.1, 0.15) is 49.9 Å². The number of imidazole rings is 1. The predicted octanol–water partition coefficient (Wildman–Crippen LogP) is 2.74. The third-order valence-electron chi connectivity index (χ3n) is 3.26. The minimum Gasteiger partial charge on any atom is -0.464 e. The van der Waals surface area contributed by atoms with Crippen LogP contribution in [-0.2, 0) is 16.0 Å². The normalized spacial score (nSPS) is 17.9. The zero-order valence-corrected chi connectivity index (χ0v) is 14.9. The number of carbonyl (C=O) groups is 2. The first-order valence-corrected chi connectivity index (χ1v) is 7.76. The number of ether oxygens (including phenoxy) is 2. The second-order valence-electron chi connectivity index (χ2n) is 6.25. The van der Waals surface area contributed by atoms with Crippen molar-refractivity contribution in [2.45, 2.75) is 45.9 Å². The highest BCUT2D eigenvalue weighted by molar-refractivity contribution is 9.10. The molecule has 1 aliphatic heterocycles. The summed E-state index contributed by atoms with van der Waals surface area (Å²) in [6, 6.07) is -0.0310. The molecule has 1 aromatic rings. The topological polar surface area (TPSA) is 73.7 Å². The van der Waals surface area contributed by atoms with Gasteiger partial charge in [0.25, 0.3) is 0 Å². The molecule has 22 heavy (non-hydrogen) atoms. The number of hydrogen-bond donors (Lipinski definition) is 0. The molecule has 0 spiro atoms. The van der Waals surface area contributed by atoms with Gasteiger partial charge in [0.1, 0.15) is 5.60 Å². The Hall–Kier alpha value is -1.57. The molecule has 0 aromatic carbocycles. The first kappa shape index (κ1) is 16.8. The lowest BCUT2D eigenvalue weighted by Crippen LogP contribution is -2.43. The highest BCUT2D eigenvalue weighted by Crippen LogP contribution is 2.29. The average molecular weight is 374 g/mol. The first-order chi connectivity index (χ1) is 10.1. The third-order valence-corrected chi connectivity index (χ3v) is 3.82. The van der Waals surface area contributed by atoms with E-state index in [1.165, 1.54) is 7.11 Å². The molecule has 0 unspecified atom stereocenters. The molecule has 8 heteroatoms. The minimum atomic E-state index is -0.566. The monoisotopic (exact) mass is 373 g/mol. The zero-order valence-electron chi connectivity index (χ0n) is 13.3. The number of amides is 1. The molecule has 0 aliphatic carbocycles. The minimum absolute atomic E-state index is 0.0310. The van der Waals surface area contributed by atoms with Crippen molar-refractivity contribution in [2.75, 3.05) is 13.7 Å². The lowest BCUT2D eigenvalue weighted by atomic mass is 10.2. The Kier molecular flexibility index (Phi) is 4.51. The zero-order chi connectivity index (χ0) is 16.7. The highest BCUT2D eigenvalue weighted by Gasteiger charge is 2.34. The lowest BCUT2D eigenvalue weighted by Gasteiger charge is -2.34. The van der Waals surface area contributed by atoms with Crippen LogP contribution in [0.15, 0.2) is 4.73 Å². The highest BCUT2D eigenvalue weighted by atomic mass is 79.9. The van der Waals surface area contributed by atoms with Gasteiger partial charge in [0.15, 0.2) is 10.4 Å². The van der Waals surface area contributed by atoms with Gasteiger partial charge in [-0.25, -0.2) is 14.6 Å². The Morgan fingerprint density at radius 2 is 2.00 bits per heavy atom. The molecular weight excluding hydrogens is 354 g/mol. The fraction of sp³-hybridized carbons (Fsp3) is 0.643. The number of esters is 1.